The molecule has 3 aromatic heterocycles. The highest BCUT2D eigenvalue weighted by Crippen LogP contribution is 2.70. The Labute approximate surface area is 423 Å². The van der Waals surface area contributed by atoms with Crippen LogP contribution in [0.5, 0.6) is 5.75 Å². The molecule has 4 unspecified atom stereocenters. The number of amides is 5. The zero-order chi connectivity index (χ0) is 51.8. The SMILES string of the molecule is Cc1ncsc1-c1ccc(CNC(=O)C2CC(O)CN2C(=O)C(NC(=O)C2(F)CC2)C(C)(C)C)c(OCCC(=O)N2CC(C(c3ccccc3)n3cc(NC(=O)c4n[nH]c5c4C[C@@H]4C(F)(F)[C@]4(C)C5)cn3)C2)c1. The molecule has 2 saturated heterocycles. The van der Waals surface area contributed by atoms with Crippen LogP contribution in [0.4, 0.5) is 18.9 Å². The number of fused-ring (bicyclic) bond motifs is 2. The van der Waals surface area contributed by atoms with Gasteiger partial charge in [0.25, 0.3) is 17.7 Å². The number of carbonyl (C=O) groups is 5. The van der Waals surface area contributed by atoms with Gasteiger partial charge in [-0.15, -0.1) is 11.3 Å². The number of nitrogens with one attached hydrogen (secondary N) is 4. The Hall–Kier alpha value is -6.61. The number of likely N-dealkylation sites (tertiary alicyclic amines) is 2. The maximum absolute atomic E-state index is 14.7. The Bertz CT molecular complexity index is 2960. The van der Waals surface area contributed by atoms with Crippen LogP contribution >= 0.6 is 11.3 Å². The second-order valence-electron chi connectivity index (χ2n) is 21.6. The number of aromatic nitrogens is 5. The van der Waals surface area contributed by atoms with Crippen molar-refractivity contribution in [2.45, 2.75) is 116 Å². The highest BCUT2D eigenvalue weighted by molar-refractivity contribution is 7.13. The molecule has 386 valence electrons. The second-order valence-corrected chi connectivity index (χ2v) is 22.5. The molecule has 17 nitrogen and oxygen atoms in total. The van der Waals surface area contributed by atoms with Crippen LogP contribution in [0, 0.1) is 29.6 Å². The van der Waals surface area contributed by atoms with Crippen molar-refractivity contribution in [3.05, 3.63) is 100 Å². The summed E-state index contributed by atoms with van der Waals surface area (Å²) in [7, 11) is 0. The van der Waals surface area contributed by atoms with E-state index in [0.717, 1.165) is 21.7 Å². The smallest absolute Gasteiger partial charge is 0.276 e. The van der Waals surface area contributed by atoms with Gasteiger partial charge in [0.15, 0.2) is 11.4 Å². The first-order valence-electron chi connectivity index (χ1n) is 24.7. The molecule has 10 rings (SSSR count). The number of rotatable bonds is 16. The Morgan fingerprint density at radius 3 is 2.49 bits per heavy atom. The molecule has 2 saturated carbocycles. The van der Waals surface area contributed by atoms with E-state index in [1.54, 1.807) is 49.0 Å². The Balaban J connectivity index is 0.772. The lowest BCUT2D eigenvalue weighted by Gasteiger charge is -2.43. The van der Waals surface area contributed by atoms with Crippen molar-refractivity contribution in [1.29, 1.82) is 0 Å². The molecule has 3 aliphatic carbocycles. The molecule has 0 spiro atoms. The van der Waals surface area contributed by atoms with Crippen LogP contribution in [-0.4, -0.2) is 125 Å². The molecule has 6 atom stereocenters. The van der Waals surface area contributed by atoms with Gasteiger partial charge >= 0.3 is 0 Å². The Morgan fingerprint density at radius 1 is 1.04 bits per heavy atom. The van der Waals surface area contributed by atoms with Crippen molar-refractivity contribution in [1.82, 2.24) is 45.4 Å². The number of hydrogen-bond acceptors (Lipinski definition) is 11. The van der Waals surface area contributed by atoms with Crippen LogP contribution in [0.1, 0.15) is 98.0 Å². The predicted octanol–water partition coefficient (Wildman–Crippen LogP) is 5.79. The number of carbonyl (C=O) groups excluding carboxylic acids is 5. The number of aliphatic hydroxyl groups excluding tert-OH is 1. The fourth-order valence-corrected chi connectivity index (χ4v) is 11.5. The van der Waals surface area contributed by atoms with Gasteiger partial charge in [-0.2, -0.15) is 10.2 Å². The molecular weight excluding hydrogens is 966 g/mol. The van der Waals surface area contributed by atoms with E-state index in [2.05, 4.69) is 36.2 Å². The third-order valence-electron chi connectivity index (χ3n) is 15.4. The van der Waals surface area contributed by atoms with Crippen LogP contribution in [0.15, 0.2) is 66.4 Å². The summed E-state index contributed by atoms with van der Waals surface area (Å²) in [5, 5.41) is 30.7. The minimum absolute atomic E-state index is 0.0115. The highest BCUT2D eigenvalue weighted by atomic mass is 32.1. The summed E-state index contributed by atoms with van der Waals surface area (Å²) in [6.45, 7) is 9.42. The average Bonchev–Trinajstić information content (AvgIpc) is 3.71. The van der Waals surface area contributed by atoms with Gasteiger partial charge in [0.05, 0.1) is 53.1 Å². The van der Waals surface area contributed by atoms with Crippen LogP contribution in [0.3, 0.4) is 0 Å². The lowest BCUT2D eigenvalue weighted by Crippen LogP contribution is -2.59. The summed E-state index contributed by atoms with van der Waals surface area (Å²) in [5.41, 5.74) is 2.60. The van der Waals surface area contributed by atoms with E-state index in [4.69, 9.17) is 4.74 Å². The number of aliphatic hydroxyl groups is 1. The Kier molecular flexibility index (Phi) is 12.8. The second kappa shape index (κ2) is 18.7. The van der Waals surface area contributed by atoms with Crippen molar-refractivity contribution in [3.8, 4) is 16.2 Å². The van der Waals surface area contributed by atoms with E-state index in [9.17, 15) is 42.3 Å². The number of ether oxygens (including phenoxy) is 1. The molecule has 21 heteroatoms. The van der Waals surface area contributed by atoms with Gasteiger partial charge in [-0.1, -0.05) is 70.2 Å². The topological polar surface area (TPSA) is 217 Å². The van der Waals surface area contributed by atoms with E-state index in [0.29, 0.717) is 41.3 Å². The van der Waals surface area contributed by atoms with Gasteiger partial charge in [-0.25, -0.2) is 18.2 Å². The molecule has 5 aliphatic rings. The molecule has 5 heterocycles. The highest BCUT2D eigenvalue weighted by Gasteiger charge is 2.78. The average molecular weight is 1030 g/mol. The number of alkyl halides is 3. The fraction of sp³-hybridized carbons (Fsp3) is 0.500. The van der Waals surface area contributed by atoms with Crippen LogP contribution in [0.25, 0.3) is 10.4 Å². The lowest BCUT2D eigenvalue weighted by atomic mass is 9.85. The van der Waals surface area contributed by atoms with E-state index < -0.39 is 70.2 Å². The molecule has 0 bridgehead atoms. The van der Waals surface area contributed by atoms with Crippen LogP contribution < -0.4 is 20.7 Å². The molecule has 2 aliphatic heterocycles. The predicted molar refractivity (Wildman–Crippen MR) is 262 cm³/mol. The van der Waals surface area contributed by atoms with Crippen molar-refractivity contribution in [3.63, 3.8) is 0 Å². The summed E-state index contributed by atoms with van der Waals surface area (Å²) in [4.78, 5) is 76.1. The number of nitrogens with zero attached hydrogens (tertiary/aromatic N) is 6. The molecule has 73 heavy (non-hydrogen) atoms. The van der Waals surface area contributed by atoms with E-state index in [1.165, 1.54) is 22.4 Å². The third-order valence-corrected chi connectivity index (χ3v) is 16.4. The molecule has 5 amide bonds. The lowest BCUT2D eigenvalue weighted by molar-refractivity contribution is -0.145. The first-order chi connectivity index (χ1) is 34.6. The number of thiazole rings is 1. The third kappa shape index (κ3) is 9.49. The zero-order valence-corrected chi connectivity index (χ0v) is 42.0. The van der Waals surface area contributed by atoms with Crippen molar-refractivity contribution in [2.75, 3.05) is 31.6 Å². The van der Waals surface area contributed by atoms with Gasteiger partial charge < -0.3 is 35.6 Å². The number of H-pyrrole nitrogens is 1. The first-order valence-corrected chi connectivity index (χ1v) is 25.6. The van der Waals surface area contributed by atoms with Gasteiger partial charge in [-0.3, -0.25) is 33.8 Å². The number of β-amino-alcohol motifs (C(OH)–C–C–N with tert-alkyl or cyclic N) is 1. The molecule has 2 aromatic carbocycles. The number of benzene rings is 2. The fourth-order valence-electron chi connectivity index (χ4n) is 10.7. The van der Waals surface area contributed by atoms with E-state index in [1.807, 2.05) is 55.5 Å². The standard InChI is InChI=1S/C52H59F3N10O7S/c1-28-43(73-27-57-28)30-11-12-31(21-56-45(68)37-18-34(66)26-64(37)47(70)44(49(2,3)4)60-48(71)51(53)14-15-51)38(17-30)72-16-13-40(67)63-23-32(24-63)42(29-9-7-6-8-10-29)65-25-33(22-58-65)59-46(69)41-35-19-39-50(5,52(39,54)55)20-36(35)61-62-41/h6-12,17,22,25,27,32,34,37,39,42,44,66H,13-16,18-21,23-24,26H2,1-5H3,(H,56,68)(H,59,69)(H,60,71)(H,61,62)/t34?,37?,39-,42?,44?,50+/m0/s1. The van der Waals surface area contributed by atoms with Crippen molar-refractivity contribution in [2.24, 2.45) is 22.7 Å². The van der Waals surface area contributed by atoms with Gasteiger partial charge in [-0.05, 0) is 48.8 Å². The summed E-state index contributed by atoms with van der Waals surface area (Å²) < 4.78 is 51.9. The van der Waals surface area contributed by atoms with Gasteiger partial charge in [0, 0.05) is 79.3 Å². The summed E-state index contributed by atoms with van der Waals surface area (Å²) >= 11 is 1.46. The summed E-state index contributed by atoms with van der Waals surface area (Å²) in [6.07, 6.45) is 2.64. The quantitative estimate of drug-likeness (QED) is 0.0802. The molecule has 5 N–H and O–H groups in total. The summed E-state index contributed by atoms with van der Waals surface area (Å²) in [5.74, 6) is -5.83. The van der Waals surface area contributed by atoms with Crippen LogP contribution in [-0.2, 0) is 38.6 Å². The molecule has 4 fully saturated rings. The molecule has 5 aromatic rings. The van der Waals surface area contributed by atoms with Crippen molar-refractivity contribution >= 4 is 46.6 Å². The number of aryl methyl sites for hydroxylation is 1. The van der Waals surface area contributed by atoms with Gasteiger partial charge in [0.1, 0.15) is 17.8 Å². The largest absolute Gasteiger partial charge is 0.493 e. The van der Waals surface area contributed by atoms with E-state index >= 15 is 0 Å². The number of aromatic amines is 1. The van der Waals surface area contributed by atoms with Gasteiger partial charge in [0.2, 0.25) is 17.7 Å². The van der Waals surface area contributed by atoms with E-state index in [-0.39, 0.29) is 81.8 Å². The normalized spacial score (nSPS) is 23.3. The minimum atomic E-state index is -2.79. The zero-order valence-electron chi connectivity index (χ0n) is 41.2. The van der Waals surface area contributed by atoms with Crippen molar-refractivity contribution < 1.29 is 47.0 Å². The monoisotopic (exact) mass is 1020 g/mol. The number of hydrogen-bond donors (Lipinski definition) is 5. The molecular formula is C52H59F3N10O7S. The number of anilines is 1. The Morgan fingerprint density at radius 2 is 1.79 bits per heavy atom. The first kappa shape index (κ1) is 49.9. The molecule has 0 radical (unpaired) electrons. The van der Waals surface area contributed by atoms with Crippen LogP contribution in [0.2, 0.25) is 0 Å². The maximum Gasteiger partial charge on any atom is 0.276 e. The maximum atomic E-state index is 14.7. The number of halogens is 3. The minimum Gasteiger partial charge on any atom is -0.493 e. The summed E-state index contributed by atoms with van der Waals surface area (Å²) in [6, 6.07) is 12.8.